The second kappa shape index (κ2) is 8.77. The molecule has 3 N–H and O–H groups in total. The van der Waals surface area contributed by atoms with Gasteiger partial charge in [-0.3, -0.25) is 0 Å². The van der Waals surface area contributed by atoms with Gasteiger partial charge in [-0.2, -0.15) is 5.26 Å². The molecule has 3 heterocycles. The molecule has 10 heteroatoms. The van der Waals surface area contributed by atoms with Crippen LogP contribution >= 0.6 is 11.6 Å². The number of hydrogen-bond donors (Lipinski definition) is 2. The van der Waals surface area contributed by atoms with E-state index in [1.54, 1.807) is 15.1 Å². The monoisotopic (exact) mass is 398 g/mol. The van der Waals surface area contributed by atoms with Crippen LogP contribution in [0.5, 0.6) is 0 Å². The van der Waals surface area contributed by atoms with E-state index < -0.39 is 11.0 Å². The minimum absolute atomic E-state index is 0.129. The molecule has 26 heavy (non-hydrogen) atoms. The third-order valence-corrected chi connectivity index (χ3v) is 5.50. The number of rotatable bonds is 2. The highest BCUT2D eigenvalue weighted by Crippen LogP contribution is 2.31. The van der Waals surface area contributed by atoms with E-state index in [9.17, 15) is 4.21 Å². The summed E-state index contributed by atoms with van der Waals surface area (Å²) in [5.74, 6) is 0.287. The number of fused-ring (bicyclic) bond motifs is 1. The zero-order chi connectivity index (χ0) is 19.4. The van der Waals surface area contributed by atoms with Crippen molar-refractivity contribution in [1.29, 1.82) is 5.26 Å². The van der Waals surface area contributed by atoms with E-state index >= 15 is 0 Å². The number of nitrogens with two attached hydrogens (primary N) is 1. The number of nitrogen functional groups attached to an aromatic ring is 1. The van der Waals surface area contributed by atoms with Crippen molar-refractivity contribution in [2.45, 2.75) is 38.7 Å². The number of aliphatic hydroxyl groups excluding tert-OH is 1. The summed E-state index contributed by atoms with van der Waals surface area (Å²) < 4.78 is 14.3. The zero-order valence-electron chi connectivity index (χ0n) is 15.0. The number of nitriles is 1. The van der Waals surface area contributed by atoms with Gasteiger partial charge in [0, 0.05) is 19.3 Å². The third-order valence-electron chi connectivity index (χ3n) is 4.06. The molecule has 142 valence electrons. The Kier molecular flexibility index (Phi) is 6.94. The molecule has 1 saturated heterocycles. The molecule has 2 unspecified atom stereocenters. The molecule has 2 aromatic rings. The maximum Gasteiger partial charge on any atom is 0.238 e. The topological polar surface area (TPSA) is 121 Å². The zero-order valence-corrected chi connectivity index (χ0v) is 16.6. The molecular formula is C16H23ClN6O2S. The first kappa shape index (κ1) is 20.6. The average Bonchev–Trinajstić information content (AvgIpc) is 2.86. The smallest absolute Gasteiger partial charge is 0.238 e. The Morgan fingerprint density at radius 3 is 2.73 bits per heavy atom. The van der Waals surface area contributed by atoms with Crippen molar-refractivity contribution in [2.75, 3.05) is 25.1 Å². The molecule has 3 rings (SSSR count). The molecule has 8 nitrogen and oxygen atoms in total. The van der Waals surface area contributed by atoms with Crippen LogP contribution in [0.2, 0.25) is 5.02 Å². The number of aliphatic hydroxyl groups is 1. The van der Waals surface area contributed by atoms with Gasteiger partial charge in [-0.15, -0.1) is 5.10 Å². The number of nitrogens with zero attached hydrogens (tertiary/aromatic N) is 5. The Hall–Kier alpha value is -1.73. The minimum Gasteiger partial charge on any atom is -0.392 e. The Balaban J connectivity index is 0.000000209. The van der Waals surface area contributed by atoms with Gasteiger partial charge in [0.25, 0.3) is 0 Å². The van der Waals surface area contributed by atoms with Crippen molar-refractivity contribution in [2.24, 2.45) is 0 Å². The number of aromatic nitrogens is 3. The largest absolute Gasteiger partial charge is 0.392 e. The van der Waals surface area contributed by atoms with Gasteiger partial charge in [-0.05, 0) is 18.8 Å². The summed E-state index contributed by atoms with van der Waals surface area (Å²) in [6.07, 6.45) is 4.72. The molecule has 1 aliphatic heterocycles. The maximum absolute atomic E-state index is 10.9. The van der Waals surface area contributed by atoms with E-state index in [0.29, 0.717) is 22.6 Å². The Labute approximate surface area is 160 Å². The van der Waals surface area contributed by atoms with Crippen LogP contribution in [-0.4, -0.2) is 53.7 Å². The molecule has 0 spiro atoms. The fourth-order valence-corrected chi connectivity index (χ4v) is 3.87. The second-order valence-electron chi connectivity index (χ2n) is 6.36. The lowest BCUT2D eigenvalue weighted by atomic mass is 10.1. The predicted octanol–water partition coefficient (Wildman–Crippen LogP) is 1.70. The first-order valence-corrected chi connectivity index (χ1v) is 10.1. The van der Waals surface area contributed by atoms with Crippen molar-refractivity contribution in [3.05, 3.63) is 22.5 Å². The molecule has 0 bridgehead atoms. The number of anilines is 1. The third kappa shape index (κ3) is 4.51. The minimum atomic E-state index is -0.899. The van der Waals surface area contributed by atoms with E-state index in [0.717, 1.165) is 25.1 Å². The number of hydrogen-bond acceptors (Lipinski definition) is 6. The van der Waals surface area contributed by atoms with E-state index in [-0.39, 0.29) is 18.0 Å². The van der Waals surface area contributed by atoms with Gasteiger partial charge in [-0.1, -0.05) is 25.4 Å². The summed E-state index contributed by atoms with van der Waals surface area (Å²) in [7, 11) is -0.899. The Morgan fingerprint density at radius 1 is 1.54 bits per heavy atom. The van der Waals surface area contributed by atoms with E-state index in [1.165, 1.54) is 6.20 Å². The van der Waals surface area contributed by atoms with Gasteiger partial charge in [0.15, 0.2) is 0 Å². The summed E-state index contributed by atoms with van der Waals surface area (Å²) in [6, 6.07) is 2.09. The highest BCUT2D eigenvalue weighted by molar-refractivity contribution is 7.81. The van der Waals surface area contributed by atoms with Crippen molar-refractivity contribution in [3.8, 4) is 6.07 Å². The van der Waals surface area contributed by atoms with Gasteiger partial charge in [0.05, 0.1) is 39.6 Å². The summed E-state index contributed by atoms with van der Waals surface area (Å²) in [4.78, 5) is 3.87. The maximum atomic E-state index is 10.9. The molecule has 1 fully saturated rings. The van der Waals surface area contributed by atoms with Gasteiger partial charge in [-0.25, -0.2) is 18.0 Å². The number of β-amino-alcohol motifs (C(OH)–C–C–N with tert-alkyl or cyclic N) is 1. The molecular weight excluding hydrogens is 376 g/mol. The Morgan fingerprint density at radius 2 is 2.23 bits per heavy atom. The predicted molar refractivity (Wildman–Crippen MR) is 102 cm³/mol. The fraction of sp³-hybridized carbons (Fsp3) is 0.562. The van der Waals surface area contributed by atoms with Crippen LogP contribution in [0, 0.1) is 11.3 Å². The molecule has 0 saturated carbocycles. The second-order valence-corrected chi connectivity index (χ2v) is 8.10. The quantitative estimate of drug-likeness (QED) is 0.794. The lowest BCUT2D eigenvalue weighted by Gasteiger charge is -2.27. The standard InChI is InChI=1S/C10H10ClN5.C6H13NO2S/c1-5(2)9-6(3-12)8(11)7-4-14-10(13)15-16(7)9;1-10(9)7-4-2-3-6(8)5-7/h4-5H,1-2H3,(H2,13,15);6,8H,2-5H2,1H3. The average molecular weight is 399 g/mol. The van der Waals surface area contributed by atoms with Crippen molar-refractivity contribution in [3.63, 3.8) is 0 Å². The molecule has 0 radical (unpaired) electrons. The van der Waals surface area contributed by atoms with Crippen LogP contribution < -0.4 is 5.73 Å². The fourth-order valence-electron chi connectivity index (χ4n) is 2.84. The van der Waals surface area contributed by atoms with Crippen LogP contribution in [0.1, 0.15) is 43.9 Å². The van der Waals surface area contributed by atoms with Crippen LogP contribution in [0.3, 0.4) is 0 Å². The van der Waals surface area contributed by atoms with E-state index in [2.05, 4.69) is 16.2 Å². The number of piperidine rings is 1. The summed E-state index contributed by atoms with van der Waals surface area (Å²) in [5.41, 5.74) is 7.33. The molecule has 1 aliphatic rings. The Bertz CT molecular complexity index is 847. The summed E-state index contributed by atoms with van der Waals surface area (Å²) >= 11 is 6.09. The number of halogens is 1. The molecule has 0 aliphatic carbocycles. The van der Waals surface area contributed by atoms with Crippen molar-refractivity contribution in [1.82, 2.24) is 18.9 Å². The normalized spacial score (nSPS) is 19.0. The van der Waals surface area contributed by atoms with Crippen LogP contribution in [0.25, 0.3) is 5.52 Å². The lowest BCUT2D eigenvalue weighted by molar-refractivity contribution is 0.110. The van der Waals surface area contributed by atoms with Gasteiger partial charge in [0.2, 0.25) is 5.95 Å². The van der Waals surface area contributed by atoms with Gasteiger partial charge < -0.3 is 10.8 Å². The van der Waals surface area contributed by atoms with Gasteiger partial charge >= 0.3 is 0 Å². The van der Waals surface area contributed by atoms with Crippen LogP contribution in [0.15, 0.2) is 6.20 Å². The molecule has 2 aromatic heterocycles. The van der Waals surface area contributed by atoms with E-state index in [4.69, 9.17) is 27.7 Å². The summed E-state index contributed by atoms with van der Waals surface area (Å²) in [5, 5.41) is 22.7. The molecule has 2 atom stereocenters. The lowest BCUT2D eigenvalue weighted by Crippen LogP contribution is -2.38. The van der Waals surface area contributed by atoms with E-state index in [1.807, 2.05) is 13.8 Å². The van der Waals surface area contributed by atoms with Crippen molar-refractivity contribution < 1.29 is 9.32 Å². The first-order valence-electron chi connectivity index (χ1n) is 8.25. The SMILES string of the molecule is CC(C)c1c(C#N)c(Cl)c2cnc(N)nn12.CS(=O)N1CCCC(O)C1. The van der Waals surface area contributed by atoms with Gasteiger partial charge in [0.1, 0.15) is 11.6 Å². The highest BCUT2D eigenvalue weighted by atomic mass is 35.5. The first-order chi connectivity index (χ1) is 12.3. The molecule has 0 aromatic carbocycles. The van der Waals surface area contributed by atoms with Crippen LogP contribution in [0.4, 0.5) is 5.95 Å². The van der Waals surface area contributed by atoms with Crippen molar-refractivity contribution >= 4 is 34.1 Å². The summed E-state index contributed by atoms with van der Waals surface area (Å²) in [6.45, 7) is 5.37. The molecule has 0 amide bonds. The highest BCUT2D eigenvalue weighted by Gasteiger charge is 2.20. The van der Waals surface area contributed by atoms with Crippen LogP contribution in [-0.2, 0) is 11.0 Å².